The first kappa shape index (κ1) is 17.8. The molecule has 0 aliphatic carbocycles. The Bertz CT molecular complexity index is 966. The molecule has 1 aliphatic rings. The van der Waals surface area contributed by atoms with Gasteiger partial charge in [-0.15, -0.1) is 0 Å². The molecule has 0 saturated carbocycles. The van der Waals surface area contributed by atoms with E-state index in [9.17, 15) is 4.79 Å². The van der Waals surface area contributed by atoms with Gasteiger partial charge in [0.15, 0.2) is 5.52 Å². The number of hydrogen-bond acceptors (Lipinski definition) is 6. The molecular formula is C19H20ClN5O2. The van der Waals surface area contributed by atoms with Gasteiger partial charge in [-0.25, -0.2) is 4.63 Å². The highest BCUT2D eigenvalue weighted by atomic mass is 35.5. The molecule has 0 unspecified atom stereocenters. The van der Waals surface area contributed by atoms with Crippen LogP contribution in [0.25, 0.3) is 11.0 Å². The maximum Gasteiger partial charge on any atom is 0.238 e. The molecule has 7 nitrogen and oxygen atoms in total. The summed E-state index contributed by atoms with van der Waals surface area (Å²) < 4.78 is 4.73. The van der Waals surface area contributed by atoms with Crippen molar-refractivity contribution in [1.82, 2.24) is 15.2 Å². The topological polar surface area (TPSA) is 74.5 Å². The zero-order valence-electron chi connectivity index (χ0n) is 15.0. The second-order valence-corrected chi connectivity index (χ2v) is 7.12. The van der Waals surface area contributed by atoms with Crippen LogP contribution in [0, 0.1) is 6.92 Å². The first-order valence-corrected chi connectivity index (χ1v) is 9.22. The first-order valence-electron chi connectivity index (χ1n) is 8.85. The summed E-state index contributed by atoms with van der Waals surface area (Å²) in [7, 11) is 0. The smallest absolute Gasteiger partial charge is 0.238 e. The van der Waals surface area contributed by atoms with Gasteiger partial charge in [0, 0.05) is 36.9 Å². The van der Waals surface area contributed by atoms with E-state index in [0.717, 1.165) is 36.9 Å². The molecule has 140 valence electrons. The van der Waals surface area contributed by atoms with Crippen LogP contribution in [0.3, 0.4) is 0 Å². The van der Waals surface area contributed by atoms with Crippen LogP contribution in [0.4, 0.5) is 11.4 Å². The first-order chi connectivity index (χ1) is 13.1. The molecule has 1 aromatic heterocycles. The Hall–Kier alpha value is -2.64. The summed E-state index contributed by atoms with van der Waals surface area (Å²) in [4.78, 5) is 16.9. The maximum atomic E-state index is 12.4. The predicted octanol–water partition coefficient (Wildman–Crippen LogP) is 2.95. The Morgan fingerprint density at radius 1 is 1.19 bits per heavy atom. The Morgan fingerprint density at radius 3 is 2.81 bits per heavy atom. The fourth-order valence-corrected chi connectivity index (χ4v) is 3.54. The standard InChI is InChI=1S/C19H20ClN5O2/c1-13-5-6-14(20)11-17(13)25-9-7-24(8-10-25)12-18(26)21-15-3-2-4-16-19(15)23-27-22-16/h2-6,11H,7-10,12H2,1H3,(H,21,26). The van der Waals surface area contributed by atoms with Crippen LogP contribution < -0.4 is 10.2 Å². The molecular weight excluding hydrogens is 366 g/mol. The highest BCUT2D eigenvalue weighted by molar-refractivity contribution is 6.30. The number of aromatic nitrogens is 2. The third-order valence-corrected chi connectivity index (χ3v) is 5.05. The Labute approximate surface area is 161 Å². The van der Waals surface area contributed by atoms with Crippen molar-refractivity contribution in [3.05, 3.63) is 47.0 Å². The van der Waals surface area contributed by atoms with Gasteiger partial charge in [0.25, 0.3) is 0 Å². The van der Waals surface area contributed by atoms with E-state index < -0.39 is 0 Å². The van der Waals surface area contributed by atoms with Gasteiger partial charge in [-0.05, 0) is 47.1 Å². The minimum Gasteiger partial charge on any atom is -0.369 e. The molecule has 1 N–H and O–H groups in total. The van der Waals surface area contributed by atoms with E-state index >= 15 is 0 Å². The van der Waals surface area contributed by atoms with Gasteiger partial charge >= 0.3 is 0 Å². The number of aryl methyl sites for hydroxylation is 1. The fourth-order valence-electron chi connectivity index (χ4n) is 3.37. The molecule has 1 fully saturated rings. The lowest BCUT2D eigenvalue weighted by atomic mass is 10.1. The molecule has 0 bridgehead atoms. The maximum absolute atomic E-state index is 12.4. The average Bonchev–Trinajstić information content (AvgIpc) is 3.14. The molecule has 3 aromatic rings. The minimum atomic E-state index is -0.0714. The molecule has 4 rings (SSSR count). The number of anilines is 2. The van der Waals surface area contributed by atoms with E-state index in [-0.39, 0.29) is 5.91 Å². The van der Waals surface area contributed by atoms with Crippen LogP contribution >= 0.6 is 11.6 Å². The lowest BCUT2D eigenvalue weighted by molar-refractivity contribution is -0.117. The number of nitrogens with zero attached hydrogens (tertiary/aromatic N) is 4. The Balaban J connectivity index is 1.34. The summed E-state index contributed by atoms with van der Waals surface area (Å²) in [6, 6.07) is 11.4. The van der Waals surface area contributed by atoms with E-state index in [1.807, 2.05) is 24.3 Å². The summed E-state index contributed by atoms with van der Waals surface area (Å²) in [5, 5.41) is 11.3. The van der Waals surface area contributed by atoms with E-state index in [1.165, 1.54) is 5.56 Å². The molecule has 1 amide bonds. The van der Waals surface area contributed by atoms with Crippen molar-refractivity contribution in [1.29, 1.82) is 0 Å². The van der Waals surface area contributed by atoms with Crippen molar-refractivity contribution < 1.29 is 9.42 Å². The number of rotatable bonds is 4. The van der Waals surface area contributed by atoms with E-state index in [4.69, 9.17) is 16.2 Å². The zero-order valence-corrected chi connectivity index (χ0v) is 15.7. The molecule has 0 atom stereocenters. The normalized spacial score (nSPS) is 15.3. The number of halogens is 1. The molecule has 2 heterocycles. The molecule has 8 heteroatoms. The Morgan fingerprint density at radius 2 is 2.00 bits per heavy atom. The number of benzene rings is 2. The number of carbonyl (C=O) groups is 1. The molecule has 2 aromatic carbocycles. The van der Waals surface area contributed by atoms with Crippen molar-refractivity contribution in [2.24, 2.45) is 0 Å². The zero-order chi connectivity index (χ0) is 18.8. The highest BCUT2D eigenvalue weighted by Crippen LogP contribution is 2.25. The van der Waals surface area contributed by atoms with Crippen LogP contribution in [0.15, 0.2) is 41.0 Å². The van der Waals surface area contributed by atoms with Crippen LogP contribution in [-0.2, 0) is 4.79 Å². The SMILES string of the molecule is Cc1ccc(Cl)cc1N1CCN(CC(=O)Nc2cccc3nonc23)CC1. The van der Waals surface area contributed by atoms with E-state index in [2.05, 4.69) is 32.4 Å². The molecule has 0 spiro atoms. The summed E-state index contributed by atoms with van der Waals surface area (Å²) in [6.07, 6.45) is 0. The third kappa shape index (κ3) is 3.89. The van der Waals surface area contributed by atoms with Crippen molar-refractivity contribution in [2.45, 2.75) is 6.92 Å². The molecule has 0 radical (unpaired) electrons. The second-order valence-electron chi connectivity index (χ2n) is 6.68. The van der Waals surface area contributed by atoms with Gasteiger partial charge < -0.3 is 10.2 Å². The summed E-state index contributed by atoms with van der Waals surface area (Å²) >= 11 is 6.14. The second kappa shape index (κ2) is 7.54. The van der Waals surface area contributed by atoms with Crippen molar-refractivity contribution in [2.75, 3.05) is 42.9 Å². The minimum absolute atomic E-state index is 0.0714. The van der Waals surface area contributed by atoms with Gasteiger partial charge in [0.2, 0.25) is 5.91 Å². The van der Waals surface area contributed by atoms with Gasteiger partial charge in [-0.1, -0.05) is 23.7 Å². The predicted molar refractivity (Wildman–Crippen MR) is 105 cm³/mol. The van der Waals surface area contributed by atoms with Gasteiger partial charge in [0.05, 0.1) is 12.2 Å². The van der Waals surface area contributed by atoms with Gasteiger partial charge in [0.1, 0.15) is 5.52 Å². The van der Waals surface area contributed by atoms with Gasteiger partial charge in [-0.3, -0.25) is 9.69 Å². The number of hydrogen-bond donors (Lipinski definition) is 1. The molecule has 27 heavy (non-hydrogen) atoms. The lowest BCUT2D eigenvalue weighted by Gasteiger charge is -2.36. The number of nitrogens with one attached hydrogen (secondary N) is 1. The van der Waals surface area contributed by atoms with Crippen LogP contribution in [-0.4, -0.2) is 53.8 Å². The van der Waals surface area contributed by atoms with Crippen LogP contribution in [0.2, 0.25) is 5.02 Å². The number of piperazine rings is 1. The van der Waals surface area contributed by atoms with Crippen molar-refractivity contribution in [3.63, 3.8) is 0 Å². The largest absolute Gasteiger partial charge is 0.369 e. The number of carbonyl (C=O) groups excluding carboxylic acids is 1. The van der Waals surface area contributed by atoms with Crippen LogP contribution in [0.1, 0.15) is 5.56 Å². The lowest BCUT2D eigenvalue weighted by Crippen LogP contribution is -2.48. The van der Waals surface area contributed by atoms with Crippen LogP contribution in [0.5, 0.6) is 0 Å². The van der Waals surface area contributed by atoms with Crippen molar-refractivity contribution in [3.8, 4) is 0 Å². The number of amides is 1. The number of fused-ring (bicyclic) bond motifs is 1. The Kier molecular flexibility index (Phi) is 4.96. The summed E-state index contributed by atoms with van der Waals surface area (Å²) in [5.41, 5.74) is 4.18. The average molecular weight is 386 g/mol. The summed E-state index contributed by atoms with van der Waals surface area (Å²) in [6.45, 7) is 5.77. The summed E-state index contributed by atoms with van der Waals surface area (Å²) in [5.74, 6) is -0.0714. The third-order valence-electron chi connectivity index (χ3n) is 4.81. The monoisotopic (exact) mass is 385 g/mol. The molecule has 1 aliphatic heterocycles. The van der Waals surface area contributed by atoms with E-state index in [1.54, 1.807) is 12.1 Å². The fraction of sp³-hybridized carbons (Fsp3) is 0.316. The van der Waals surface area contributed by atoms with Crippen molar-refractivity contribution >= 4 is 39.9 Å². The quantitative estimate of drug-likeness (QED) is 0.744. The van der Waals surface area contributed by atoms with E-state index in [0.29, 0.717) is 23.3 Å². The van der Waals surface area contributed by atoms with Gasteiger partial charge in [-0.2, -0.15) is 0 Å². The molecule has 1 saturated heterocycles. The highest BCUT2D eigenvalue weighted by Gasteiger charge is 2.21.